The molecule has 2 rings (SSSR count). The second kappa shape index (κ2) is 3.28. The molecule has 0 unspecified atom stereocenters. The molecule has 0 radical (unpaired) electrons. The lowest BCUT2D eigenvalue weighted by Crippen LogP contribution is -1.93. The first-order chi connectivity index (χ1) is 6.90. The maximum absolute atomic E-state index is 6.61. The normalized spacial score (nSPS) is 12.8. The van der Waals surface area contributed by atoms with Crippen LogP contribution in [0.25, 0.3) is 0 Å². The minimum absolute atomic E-state index is 0.211. The quantitative estimate of drug-likeness (QED) is 0.639. The SMILES string of the molecule is [2H]C#CCOc1ccc2c(c1)OCO2. The molecule has 1 aliphatic heterocycles. The standard InChI is InChI=1S/C10H8O3/c1-2-5-11-8-3-4-9-10(6-8)13-7-12-9/h1,3-4,6H,5,7H2/i1D. The van der Waals surface area contributed by atoms with Crippen molar-refractivity contribution in [2.75, 3.05) is 13.4 Å². The zero-order valence-electron chi connectivity index (χ0n) is 7.87. The highest BCUT2D eigenvalue weighted by atomic mass is 16.7. The van der Waals surface area contributed by atoms with Gasteiger partial charge in [0.05, 0.1) is 0 Å². The van der Waals surface area contributed by atoms with Crippen LogP contribution in [-0.4, -0.2) is 13.4 Å². The van der Waals surface area contributed by atoms with E-state index < -0.39 is 0 Å². The first kappa shape index (κ1) is 6.67. The Labute approximate surface area is 77.6 Å². The molecule has 0 spiro atoms. The molecule has 0 saturated heterocycles. The summed E-state index contributed by atoms with van der Waals surface area (Å²) in [5.74, 6) is 4.56. The van der Waals surface area contributed by atoms with Gasteiger partial charge in [0.1, 0.15) is 13.7 Å². The van der Waals surface area contributed by atoms with Crippen molar-refractivity contribution in [3.8, 4) is 29.6 Å². The lowest BCUT2D eigenvalue weighted by atomic mass is 10.3. The highest BCUT2D eigenvalue weighted by Gasteiger charge is 2.13. The molecule has 0 aliphatic carbocycles. The van der Waals surface area contributed by atoms with Crippen LogP contribution in [0.3, 0.4) is 0 Å². The van der Waals surface area contributed by atoms with E-state index in [1.165, 1.54) is 0 Å². The first-order valence-electron chi connectivity index (χ1n) is 4.32. The third-order valence-corrected chi connectivity index (χ3v) is 1.66. The smallest absolute Gasteiger partial charge is 0.231 e. The number of terminal acetylenes is 1. The fourth-order valence-electron chi connectivity index (χ4n) is 1.09. The maximum Gasteiger partial charge on any atom is 0.231 e. The van der Waals surface area contributed by atoms with Gasteiger partial charge in [0, 0.05) is 6.07 Å². The molecule has 0 bridgehead atoms. The van der Waals surface area contributed by atoms with E-state index >= 15 is 0 Å². The van der Waals surface area contributed by atoms with Crippen LogP contribution in [0.15, 0.2) is 18.2 Å². The number of fused-ring (bicyclic) bond motifs is 1. The predicted molar refractivity (Wildman–Crippen MR) is 46.9 cm³/mol. The summed E-state index contributed by atoms with van der Waals surface area (Å²) in [5, 5.41) is 0. The average Bonchev–Trinajstić information content (AvgIpc) is 2.65. The molecule has 66 valence electrons. The Bertz CT molecular complexity index is 392. The Morgan fingerprint density at radius 1 is 1.54 bits per heavy atom. The summed E-state index contributed by atoms with van der Waals surface area (Å²) in [4.78, 5) is 0. The molecule has 0 fully saturated rings. The molecule has 13 heavy (non-hydrogen) atoms. The summed E-state index contributed by atoms with van der Waals surface area (Å²) in [6.45, 7) is 0.467. The molecular weight excluding hydrogens is 168 g/mol. The number of rotatable bonds is 2. The van der Waals surface area contributed by atoms with Gasteiger partial charge in [-0.1, -0.05) is 5.92 Å². The molecule has 0 atom stereocenters. The minimum Gasteiger partial charge on any atom is -0.481 e. The van der Waals surface area contributed by atoms with Crippen LogP contribution >= 0.6 is 0 Å². The Hall–Kier alpha value is -1.82. The van der Waals surface area contributed by atoms with Crippen molar-refractivity contribution < 1.29 is 15.6 Å². The first-order valence-corrected chi connectivity index (χ1v) is 3.82. The van der Waals surface area contributed by atoms with E-state index in [1.807, 2.05) is 6.40 Å². The number of hydrogen-bond acceptors (Lipinski definition) is 3. The van der Waals surface area contributed by atoms with Gasteiger partial charge in [-0.25, -0.2) is 0 Å². The third-order valence-electron chi connectivity index (χ3n) is 1.66. The number of ether oxygens (including phenoxy) is 3. The molecular formula is C10H8O3. The molecule has 1 aromatic carbocycles. The molecule has 0 saturated carbocycles. The molecule has 3 heteroatoms. The van der Waals surface area contributed by atoms with Crippen LogP contribution in [0.5, 0.6) is 17.2 Å². The van der Waals surface area contributed by atoms with Crippen LogP contribution in [0.4, 0.5) is 0 Å². The van der Waals surface area contributed by atoms with Crippen molar-refractivity contribution >= 4 is 0 Å². The van der Waals surface area contributed by atoms with Gasteiger partial charge in [-0.15, -0.1) is 6.40 Å². The van der Waals surface area contributed by atoms with Crippen molar-refractivity contribution in [3.63, 3.8) is 0 Å². The van der Waals surface area contributed by atoms with Gasteiger partial charge in [-0.2, -0.15) is 0 Å². The molecule has 0 aromatic heterocycles. The Kier molecular flexibility index (Phi) is 1.68. The average molecular weight is 177 g/mol. The van der Waals surface area contributed by atoms with Crippen molar-refractivity contribution in [3.05, 3.63) is 18.2 Å². The van der Waals surface area contributed by atoms with Crippen molar-refractivity contribution in [2.45, 2.75) is 0 Å². The van der Waals surface area contributed by atoms with Crippen molar-refractivity contribution in [1.29, 1.82) is 0 Å². The van der Waals surface area contributed by atoms with Crippen LogP contribution in [0.1, 0.15) is 1.37 Å². The van der Waals surface area contributed by atoms with Gasteiger partial charge < -0.3 is 14.2 Å². The Morgan fingerprint density at radius 2 is 2.46 bits per heavy atom. The zero-order chi connectivity index (χ0) is 9.80. The van der Waals surface area contributed by atoms with Crippen molar-refractivity contribution in [2.24, 2.45) is 0 Å². The second-order valence-electron chi connectivity index (χ2n) is 2.48. The molecule has 0 N–H and O–H groups in total. The lowest BCUT2D eigenvalue weighted by Gasteiger charge is -2.02. The van der Waals surface area contributed by atoms with Gasteiger partial charge in [0.15, 0.2) is 11.5 Å². The Balaban J connectivity index is 2.07. The van der Waals surface area contributed by atoms with E-state index in [1.54, 1.807) is 18.2 Å². The molecule has 0 amide bonds. The van der Waals surface area contributed by atoms with Gasteiger partial charge in [-0.3, -0.25) is 0 Å². The Morgan fingerprint density at radius 3 is 3.38 bits per heavy atom. The van der Waals surface area contributed by atoms with Crippen LogP contribution in [0.2, 0.25) is 0 Å². The summed E-state index contributed by atoms with van der Waals surface area (Å²) in [6.07, 6.45) is 2.01. The summed E-state index contributed by atoms with van der Waals surface area (Å²) >= 11 is 0. The largest absolute Gasteiger partial charge is 0.481 e. The van der Waals surface area contributed by atoms with Gasteiger partial charge >= 0.3 is 0 Å². The van der Waals surface area contributed by atoms with Crippen LogP contribution in [-0.2, 0) is 0 Å². The molecule has 1 aliphatic rings. The number of benzene rings is 1. The highest BCUT2D eigenvalue weighted by molar-refractivity contribution is 5.46. The third kappa shape index (κ3) is 1.52. The molecule has 1 aromatic rings. The summed E-state index contributed by atoms with van der Waals surface area (Å²) in [5.41, 5.74) is 0. The maximum atomic E-state index is 6.61. The minimum atomic E-state index is 0.211. The summed E-state index contributed by atoms with van der Waals surface area (Å²) in [6, 6.07) is 5.30. The van der Waals surface area contributed by atoms with E-state index in [0.717, 1.165) is 5.75 Å². The number of hydrogen-bond donors (Lipinski definition) is 0. The van der Waals surface area contributed by atoms with Crippen molar-refractivity contribution in [1.82, 2.24) is 0 Å². The molecule has 1 heterocycles. The predicted octanol–water partition coefficient (Wildman–Crippen LogP) is 1.43. The van der Waals surface area contributed by atoms with Gasteiger partial charge in [-0.05, 0) is 12.1 Å². The van der Waals surface area contributed by atoms with E-state index in [-0.39, 0.29) is 13.4 Å². The molecule has 3 nitrogen and oxygen atoms in total. The summed E-state index contributed by atoms with van der Waals surface area (Å²) < 4.78 is 22.2. The van der Waals surface area contributed by atoms with Gasteiger partial charge in [0.25, 0.3) is 0 Å². The van der Waals surface area contributed by atoms with Gasteiger partial charge in [0.2, 0.25) is 6.79 Å². The van der Waals surface area contributed by atoms with Crippen LogP contribution in [0, 0.1) is 12.3 Å². The summed E-state index contributed by atoms with van der Waals surface area (Å²) in [7, 11) is 0. The van der Waals surface area contributed by atoms with E-state index in [0.29, 0.717) is 11.5 Å². The zero-order valence-corrected chi connectivity index (χ0v) is 6.87. The highest BCUT2D eigenvalue weighted by Crippen LogP contribution is 2.34. The topological polar surface area (TPSA) is 27.7 Å². The van der Waals surface area contributed by atoms with E-state index in [9.17, 15) is 0 Å². The van der Waals surface area contributed by atoms with E-state index in [4.69, 9.17) is 15.6 Å². The monoisotopic (exact) mass is 177 g/mol. The van der Waals surface area contributed by atoms with E-state index in [2.05, 4.69) is 5.92 Å². The van der Waals surface area contributed by atoms with Crippen LogP contribution < -0.4 is 14.2 Å². The fourth-order valence-corrected chi connectivity index (χ4v) is 1.09. The second-order valence-corrected chi connectivity index (χ2v) is 2.48. The lowest BCUT2D eigenvalue weighted by molar-refractivity contribution is 0.174. The fraction of sp³-hybridized carbons (Fsp3) is 0.200.